The monoisotopic (exact) mass is 624 g/mol. The molecule has 0 spiro atoms. The minimum Gasteiger partial charge on any atom is -0.351 e. The molecule has 3 amide bonds. The largest absolute Gasteiger partial charge is 0.351 e. The van der Waals surface area contributed by atoms with Gasteiger partial charge in [-0.2, -0.15) is 5.26 Å². The van der Waals surface area contributed by atoms with Crippen LogP contribution in [0.3, 0.4) is 0 Å². The zero-order valence-electron chi connectivity index (χ0n) is 23.6. The van der Waals surface area contributed by atoms with Crippen LogP contribution in [-0.4, -0.2) is 65.2 Å². The second-order valence-corrected chi connectivity index (χ2v) is 11.2. The van der Waals surface area contributed by atoms with Crippen molar-refractivity contribution in [3.05, 3.63) is 88.8 Å². The third kappa shape index (κ3) is 6.48. The van der Waals surface area contributed by atoms with Gasteiger partial charge in [0.2, 0.25) is 11.8 Å². The van der Waals surface area contributed by atoms with Crippen LogP contribution in [0.4, 0.5) is 24.7 Å². The number of aromatic nitrogens is 1. The number of halogens is 4. The average molecular weight is 625 g/mol. The highest BCUT2D eigenvalue weighted by Crippen LogP contribution is 2.39. The van der Waals surface area contributed by atoms with E-state index in [0.717, 1.165) is 11.0 Å². The highest BCUT2D eigenvalue weighted by atomic mass is 35.5. The predicted molar refractivity (Wildman–Crippen MR) is 157 cm³/mol. The number of piperazine rings is 1. The Morgan fingerprint density at radius 3 is 2.52 bits per heavy atom. The van der Waals surface area contributed by atoms with Gasteiger partial charge in [0.25, 0.3) is 11.8 Å². The van der Waals surface area contributed by atoms with Crippen LogP contribution in [-0.2, 0) is 14.4 Å². The lowest BCUT2D eigenvalue weighted by Gasteiger charge is -2.44. The Hall–Kier alpha value is -4.63. The lowest BCUT2D eigenvalue weighted by atomic mass is 9.87. The number of hydrogen-bond acceptors (Lipinski definition) is 6. The zero-order chi connectivity index (χ0) is 31.6. The first kappa shape index (κ1) is 30.8. The molecule has 2 atom stereocenters. The van der Waals surface area contributed by atoms with Crippen LogP contribution in [0.1, 0.15) is 36.9 Å². The minimum atomic E-state index is -2.92. The summed E-state index contributed by atoms with van der Waals surface area (Å²) in [7, 11) is 0. The summed E-state index contributed by atoms with van der Waals surface area (Å²) in [6.07, 6.45) is 0.297. The second kappa shape index (κ2) is 12.5. The molecule has 1 aromatic heterocycles. The van der Waals surface area contributed by atoms with Crippen LogP contribution in [0, 0.1) is 17.1 Å². The number of alkyl halides is 2. The van der Waals surface area contributed by atoms with Crippen molar-refractivity contribution in [2.75, 3.05) is 29.4 Å². The first-order valence-electron chi connectivity index (χ1n) is 13.9. The molecule has 44 heavy (non-hydrogen) atoms. The summed E-state index contributed by atoms with van der Waals surface area (Å²) in [4.78, 5) is 49.8. The lowest BCUT2D eigenvalue weighted by molar-refractivity contribution is -0.134. The van der Waals surface area contributed by atoms with Crippen molar-refractivity contribution in [3.63, 3.8) is 0 Å². The highest BCUT2D eigenvalue weighted by molar-refractivity contribution is 6.31. The van der Waals surface area contributed by atoms with Gasteiger partial charge in [0, 0.05) is 61.4 Å². The smallest absolute Gasteiger partial charge is 0.252 e. The molecule has 2 aromatic carbocycles. The van der Waals surface area contributed by atoms with E-state index >= 15 is 0 Å². The van der Waals surface area contributed by atoms with E-state index in [1.165, 1.54) is 60.5 Å². The van der Waals surface area contributed by atoms with Gasteiger partial charge in [-0.25, -0.2) is 18.2 Å². The van der Waals surface area contributed by atoms with E-state index in [-0.39, 0.29) is 41.8 Å². The molecule has 5 rings (SSSR count). The Labute approximate surface area is 256 Å². The standard InChI is InChI=1S/C31H28ClF3N6O3/c1-19(42)39-11-12-40(27-13-20(17-36)9-10-37-27)26(18-39)30(44)41(23-6-4-5-21(33)14-23)28(24-7-2-3-8-25(24)32)29(43)38-22-15-31(34,35)16-22/h2-10,13-14,22,26,28H,11-12,15-16,18H2,1H3,(H,38,43)/t26-,28-/m0/s1. The van der Waals surface area contributed by atoms with Crippen molar-refractivity contribution in [2.24, 2.45) is 0 Å². The van der Waals surface area contributed by atoms with Gasteiger partial charge >= 0.3 is 0 Å². The van der Waals surface area contributed by atoms with E-state index in [1.54, 1.807) is 17.0 Å². The summed E-state index contributed by atoms with van der Waals surface area (Å²) >= 11 is 6.55. The molecule has 1 saturated carbocycles. The molecule has 2 heterocycles. The third-order valence-electron chi connectivity index (χ3n) is 7.75. The molecule has 0 unspecified atom stereocenters. The Morgan fingerprint density at radius 1 is 1.11 bits per heavy atom. The molecule has 0 radical (unpaired) electrons. The Kier molecular flexibility index (Phi) is 8.78. The van der Waals surface area contributed by atoms with Crippen molar-refractivity contribution in [2.45, 2.75) is 43.8 Å². The van der Waals surface area contributed by atoms with Crippen LogP contribution in [0.25, 0.3) is 0 Å². The fourth-order valence-electron chi connectivity index (χ4n) is 5.53. The van der Waals surface area contributed by atoms with E-state index in [4.69, 9.17) is 11.6 Å². The minimum absolute atomic E-state index is 0.00708. The highest BCUT2D eigenvalue weighted by Gasteiger charge is 2.48. The summed E-state index contributed by atoms with van der Waals surface area (Å²) < 4.78 is 42.0. The number of carbonyl (C=O) groups is 3. The number of anilines is 2. The second-order valence-electron chi connectivity index (χ2n) is 10.8. The van der Waals surface area contributed by atoms with Gasteiger partial charge < -0.3 is 15.1 Å². The number of hydrogen-bond donors (Lipinski definition) is 1. The van der Waals surface area contributed by atoms with Gasteiger partial charge in [-0.05, 0) is 36.4 Å². The van der Waals surface area contributed by atoms with Crippen LogP contribution in [0.5, 0.6) is 0 Å². The maximum atomic E-state index is 14.8. The number of nitrogens with zero attached hydrogens (tertiary/aromatic N) is 5. The molecule has 1 aliphatic carbocycles. The van der Waals surface area contributed by atoms with Gasteiger partial charge in [-0.15, -0.1) is 0 Å². The quantitative estimate of drug-likeness (QED) is 0.416. The Balaban J connectivity index is 1.63. The van der Waals surface area contributed by atoms with Crippen molar-refractivity contribution < 1.29 is 27.6 Å². The molecule has 0 bridgehead atoms. The summed E-state index contributed by atoms with van der Waals surface area (Å²) in [5.74, 6) is -5.09. The molecule has 3 aromatic rings. The number of carbonyl (C=O) groups excluding carboxylic acids is 3. The van der Waals surface area contributed by atoms with Gasteiger partial charge in [0.05, 0.1) is 18.2 Å². The van der Waals surface area contributed by atoms with Gasteiger partial charge in [-0.1, -0.05) is 35.9 Å². The maximum Gasteiger partial charge on any atom is 0.252 e. The zero-order valence-corrected chi connectivity index (χ0v) is 24.3. The molecule has 2 fully saturated rings. The fourth-order valence-corrected chi connectivity index (χ4v) is 5.77. The number of rotatable bonds is 7. The molecule has 1 aliphatic heterocycles. The van der Waals surface area contributed by atoms with Crippen LogP contribution >= 0.6 is 11.6 Å². The number of pyridine rings is 1. The molecule has 228 valence electrons. The molecule has 9 nitrogen and oxygen atoms in total. The molecule has 13 heteroatoms. The lowest BCUT2D eigenvalue weighted by Crippen LogP contribution is -2.62. The molecule has 1 saturated heterocycles. The number of amides is 3. The maximum absolute atomic E-state index is 14.8. The van der Waals surface area contributed by atoms with Crippen LogP contribution in [0.15, 0.2) is 66.9 Å². The first-order valence-corrected chi connectivity index (χ1v) is 14.2. The van der Waals surface area contributed by atoms with Gasteiger partial charge in [0.15, 0.2) is 0 Å². The SMILES string of the molecule is CC(=O)N1CCN(c2cc(C#N)ccn2)[C@H](C(=O)N(c2cccc(F)c2)[C@H](C(=O)NC2CC(F)(F)C2)c2ccccc2Cl)C1. The van der Waals surface area contributed by atoms with Crippen LogP contribution < -0.4 is 15.1 Å². The first-order chi connectivity index (χ1) is 21.0. The molecular formula is C31H28ClF3N6O3. The topological polar surface area (TPSA) is 110 Å². The van der Waals surface area contributed by atoms with Crippen molar-refractivity contribution >= 4 is 40.8 Å². The summed E-state index contributed by atoms with van der Waals surface area (Å²) in [6, 6.07) is 12.9. The molecular weight excluding hydrogens is 597 g/mol. The normalized spacial score (nSPS) is 18.5. The van der Waals surface area contributed by atoms with Gasteiger partial charge in [-0.3, -0.25) is 19.3 Å². The van der Waals surface area contributed by atoms with Crippen LogP contribution in [0.2, 0.25) is 5.02 Å². The van der Waals surface area contributed by atoms with E-state index < -0.39 is 54.5 Å². The van der Waals surface area contributed by atoms with E-state index in [1.807, 2.05) is 6.07 Å². The average Bonchev–Trinajstić information content (AvgIpc) is 2.98. The third-order valence-corrected chi connectivity index (χ3v) is 8.09. The fraction of sp³-hybridized carbons (Fsp3) is 0.323. The number of benzene rings is 2. The van der Waals surface area contributed by atoms with Crippen molar-refractivity contribution in [1.29, 1.82) is 5.26 Å². The number of nitrogens with one attached hydrogen (secondary N) is 1. The Morgan fingerprint density at radius 2 is 1.86 bits per heavy atom. The molecule has 2 aliphatic rings. The summed E-state index contributed by atoms with van der Waals surface area (Å²) in [5, 5.41) is 12.2. The Bertz CT molecular complexity index is 1620. The van der Waals surface area contributed by atoms with Gasteiger partial charge in [0.1, 0.15) is 23.7 Å². The van der Waals surface area contributed by atoms with E-state index in [0.29, 0.717) is 11.4 Å². The van der Waals surface area contributed by atoms with Crippen molar-refractivity contribution in [1.82, 2.24) is 15.2 Å². The van der Waals surface area contributed by atoms with Crippen molar-refractivity contribution in [3.8, 4) is 6.07 Å². The molecule has 1 N–H and O–H groups in total. The summed E-state index contributed by atoms with van der Waals surface area (Å²) in [5.41, 5.74) is 0.487. The number of nitriles is 1. The van der Waals surface area contributed by atoms with E-state index in [9.17, 15) is 32.8 Å². The summed E-state index contributed by atoms with van der Waals surface area (Å²) in [6.45, 7) is 1.67. The van der Waals surface area contributed by atoms with E-state index in [2.05, 4.69) is 10.3 Å². The predicted octanol–water partition coefficient (Wildman–Crippen LogP) is 4.47.